The molecule has 0 saturated heterocycles. The lowest BCUT2D eigenvalue weighted by molar-refractivity contribution is 0.0997. The van der Waals surface area contributed by atoms with Gasteiger partial charge in [-0.25, -0.2) is 0 Å². The first-order valence-electron chi connectivity index (χ1n) is 4.59. The molecule has 6 N–H and O–H groups in total. The number of anilines is 1. The van der Waals surface area contributed by atoms with Crippen molar-refractivity contribution in [2.24, 2.45) is 11.5 Å². The zero-order valence-electron chi connectivity index (χ0n) is 8.57. The fourth-order valence-corrected chi connectivity index (χ4v) is 1.15. The first-order chi connectivity index (χ1) is 7.02. The van der Waals surface area contributed by atoms with Crippen molar-refractivity contribution < 1.29 is 9.53 Å². The molecule has 15 heavy (non-hydrogen) atoms. The number of ether oxygens (including phenoxy) is 1. The third kappa shape index (κ3) is 2.85. The summed E-state index contributed by atoms with van der Waals surface area (Å²) in [5, 5.41) is 0. The normalized spacial score (nSPS) is 12.1. The van der Waals surface area contributed by atoms with Crippen LogP contribution in [0.1, 0.15) is 17.3 Å². The van der Waals surface area contributed by atoms with Gasteiger partial charge in [0.25, 0.3) is 5.91 Å². The van der Waals surface area contributed by atoms with Crippen molar-refractivity contribution in [1.82, 2.24) is 0 Å². The highest BCUT2D eigenvalue weighted by Crippen LogP contribution is 2.23. The number of carbonyl (C=O) groups excluding carboxylic acids is 1. The Bertz CT molecular complexity index is 364. The highest BCUT2D eigenvalue weighted by molar-refractivity contribution is 6.00. The Hall–Kier alpha value is -1.75. The summed E-state index contributed by atoms with van der Waals surface area (Å²) < 4.78 is 5.33. The van der Waals surface area contributed by atoms with E-state index in [2.05, 4.69) is 0 Å². The molecule has 0 aliphatic carbocycles. The molecule has 0 heterocycles. The Morgan fingerprint density at radius 3 is 2.73 bits per heavy atom. The van der Waals surface area contributed by atoms with E-state index < -0.39 is 5.91 Å². The van der Waals surface area contributed by atoms with Crippen molar-refractivity contribution in [3.63, 3.8) is 0 Å². The van der Waals surface area contributed by atoms with Crippen molar-refractivity contribution in [2.75, 3.05) is 12.3 Å². The number of primary amides is 1. The Balaban J connectivity index is 2.96. The molecule has 82 valence electrons. The number of hydrogen-bond donors (Lipinski definition) is 3. The van der Waals surface area contributed by atoms with E-state index in [0.717, 1.165) is 0 Å². The summed E-state index contributed by atoms with van der Waals surface area (Å²) in [6.45, 7) is 2.11. The maximum absolute atomic E-state index is 11.1. The van der Waals surface area contributed by atoms with Crippen LogP contribution in [0, 0.1) is 0 Å². The molecule has 0 aliphatic rings. The highest BCUT2D eigenvalue weighted by atomic mass is 16.5. The van der Waals surface area contributed by atoms with Crippen LogP contribution in [0.25, 0.3) is 0 Å². The van der Waals surface area contributed by atoms with E-state index in [1.165, 1.54) is 0 Å². The molecule has 1 atom stereocenters. The third-order valence-corrected chi connectivity index (χ3v) is 1.81. The second-order valence-corrected chi connectivity index (χ2v) is 3.37. The summed E-state index contributed by atoms with van der Waals surface area (Å²) in [6.07, 6.45) is 0. The topological polar surface area (TPSA) is 104 Å². The molecule has 0 aliphatic heterocycles. The van der Waals surface area contributed by atoms with Gasteiger partial charge in [-0.15, -0.1) is 0 Å². The van der Waals surface area contributed by atoms with Gasteiger partial charge < -0.3 is 21.9 Å². The van der Waals surface area contributed by atoms with Crippen LogP contribution in [0.3, 0.4) is 0 Å². The molecule has 1 aromatic carbocycles. The third-order valence-electron chi connectivity index (χ3n) is 1.81. The molecule has 1 unspecified atom stereocenters. The zero-order chi connectivity index (χ0) is 11.4. The fourth-order valence-electron chi connectivity index (χ4n) is 1.15. The minimum Gasteiger partial charge on any atom is -0.491 e. The van der Waals surface area contributed by atoms with Crippen molar-refractivity contribution >= 4 is 11.6 Å². The number of amides is 1. The predicted octanol–water partition coefficient (Wildman–Crippen LogP) is 0.0937. The molecule has 0 aromatic heterocycles. The summed E-state index contributed by atoms with van der Waals surface area (Å²) >= 11 is 0. The summed E-state index contributed by atoms with van der Waals surface area (Å²) in [4.78, 5) is 11.1. The second-order valence-electron chi connectivity index (χ2n) is 3.37. The van der Waals surface area contributed by atoms with E-state index in [0.29, 0.717) is 18.0 Å². The van der Waals surface area contributed by atoms with Crippen LogP contribution in [0.5, 0.6) is 5.75 Å². The van der Waals surface area contributed by atoms with Crippen LogP contribution in [0.2, 0.25) is 0 Å². The minimum atomic E-state index is -0.604. The molecule has 5 nitrogen and oxygen atoms in total. The summed E-state index contributed by atoms with van der Waals surface area (Å²) in [5.74, 6) is -0.229. The maximum Gasteiger partial charge on any atom is 0.254 e. The quantitative estimate of drug-likeness (QED) is 0.611. The lowest BCUT2D eigenvalue weighted by Crippen LogP contribution is -2.25. The average molecular weight is 209 g/mol. The number of nitrogen functional groups attached to an aromatic ring is 1. The first-order valence-corrected chi connectivity index (χ1v) is 4.59. The van der Waals surface area contributed by atoms with Crippen LogP contribution in [-0.2, 0) is 0 Å². The predicted molar refractivity (Wildman–Crippen MR) is 58.5 cm³/mol. The average Bonchev–Trinajstić information content (AvgIpc) is 2.13. The van der Waals surface area contributed by atoms with Crippen LogP contribution < -0.4 is 21.9 Å². The molecule has 1 rings (SSSR count). The molecule has 0 saturated carbocycles. The van der Waals surface area contributed by atoms with E-state index in [1.54, 1.807) is 25.1 Å². The van der Waals surface area contributed by atoms with Crippen LogP contribution >= 0.6 is 0 Å². The van der Waals surface area contributed by atoms with Gasteiger partial charge in [0.1, 0.15) is 17.9 Å². The van der Waals surface area contributed by atoms with Crippen molar-refractivity contribution in [3.05, 3.63) is 23.8 Å². The molecular formula is C10H15N3O2. The Labute approximate surface area is 88.2 Å². The molecular weight excluding hydrogens is 194 g/mol. The first kappa shape index (κ1) is 11.3. The largest absolute Gasteiger partial charge is 0.491 e. The van der Waals surface area contributed by atoms with Gasteiger partial charge in [0, 0.05) is 11.7 Å². The van der Waals surface area contributed by atoms with Crippen molar-refractivity contribution in [2.45, 2.75) is 13.0 Å². The molecule has 5 heteroatoms. The number of hydrogen-bond acceptors (Lipinski definition) is 4. The lowest BCUT2D eigenvalue weighted by atomic mass is 10.1. The summed E-state index contributed by atoms with van der Waals surface area (Å²) in [5.41, 5.74) is 16.9. The Morgan fingerprint density at radius 1 is 1.53 bits per heavy atom. The fraction of sp³-hybridized carbons (Fsp3) is 0.300. The van der Waals surface area contributed by atoms with Gasteiger partial charge in [0.05, 0.1) is 0 Å². The minimum absolute atomic E-state index is 0.118. The molecule has 1 aromatic rings. The van der Waals surface area contributed by atoms with Crippen molar-refractivity contribution in [1.29, 1.82) is 0 Å². The van der Waals surface area contributed by atoms with Crippen LogP contribution in [0.4, 0.5) is 5.69 Å². The monoisotopic (exact) mass is 209 g/mol. The van der Waals surface area contributed by atoms with Gasteiger partial charge in [-0.05, 0) is 19.1 Å². The second kappa shape index (κ2) is 4.65. The summed E-state index contributed by atoms with van der Waals surface area (Å²) in [6, 6.07) is 4.81. The number of nitrogens with two attached hydrogens (primary N) is 3. The molecule has 0 bridgehead atoms. The lowest BCUT2D eigenvalue weighted by Gasteiger charge is -2.12. The smallest absolute Gasteiger partial charge is 0.254 e. The van der Waals surface area contributed by atoms with E-state index in [4.69, 9.17) is 21.9 Å². The molecule has 0 spiro atoms. The SMILES string of the molecule is CC(N)COc1cccc(N)c1C(N)=O. The molecule has 0 radical (unpaired) electrons. The molecule has 0 fully saturated rings. The van der Waals surface area contributed by atoms with E-state index in [-0.39, 0.29) is 11.6 Å². The Kier molecular flexibility index (Phi) is 3.51. The van der Waals surface area contributed by atoms with Gasteiger partial charge in [0.15, 0.2) is 0 Å². The van der Waals surface area contributed by atoms with Crippen molar-refractivity contribution in [3.8, 4) is 5.75 Å². The van der Waals surface area contributed by atoms with Gasteiger partial charge in [-0.3, -0.25) is 4.79 Å². The van der Waals surface area contributed by atoms with Crippen LogP contribution in [-0.4, -0.2) is 18.6 Å². The van der Waals surface area contributed by atoms with Gasteiger partial charge >= 0.3 is 0 Å². The highest BCUT2D eigenvalue weighted by Gasteiger charge is 2.13. The van der Waals surface area contributed by atoms with Gasteiger partial charge in [-0.2, -0.15) is 0 Å². The van der Waals surface area contributed by atoms with Crippen LogP contribution in [0.15, 0.2) is 18.2 Å². The zero-order valence-corrected chi connectivity index (χ0v) is 8.57. The van der Waals surface area contributed by atoms with E-state index in [1.807, 2.05) is 0 Å². The standard InChI is InChI=1S/C10H15N3O2/c1-6(11)5-15-8-4-2-3-7(12)9(8)10(13)14/h2-4,6H,5,11-12H2,1H3,(H2,13,14). The Morgan fingerprint density at radius 2 is 2.20 bits per heavy atom. The number of carbonyl (C=O) groups is 1. The van der Waals surface area contributed by atoms with Gasteiger partial charge in [0.2, 0.25) is 0 Å². The van der Waals surface area contributed by atoms with E-state index in [9.17, 15) is 4.79 Å². The van der Waals surface area contributed by atoms with E-state index >= 15 is 0 Å². The summed E-state index contributed by atoms with van der Waals surface area (Å²) in [7, 11) is 0. The maximum atomic E-state index is 11.1. The number of benzene rings is 1. The molecule has 1 amide bonds. The number of rotatable bonds is 4. The van der Waals surface area contributed by atoms with Gasteiger partial charge in [-0.1, -0.05) is 6.07 Å².